The number of nitrogens with one attached hydrogen (secondary N) is 3. The molecule has 2 aliphatic carbocycles. The molecule has 1 heterocycles. The zero-order valence-electron chi connectivity index (χ0n) is 19.3. The molecule has 33 heavy (non-hydrogen) atoms. The number of rotatable bonds is 6. The van der Waals surface area contributed by atoms with Gasteiger partial charge in [0.05, 0.1) is 15.7 Å². The predicted octanol–water partition coefficient (Wildman–Crippen LogP) is 5.12. The van der Waals surface area contributed by atoms with E-state index in [9.17, 15) is 0 Å². The second-order valence-corrected chi connectivity index (χ2v) is 10.4. The highest BCUT2D eigenvalue weighted by Gasteiger charge is 2.24. The van der Waals surface area contributed by atoms with E-state index in [1.54, 1.807) is 6.07 Å². The molecule has 178 valence electrons. The Balaban J connectivity index is 1.25. The fourth-order valence-electron chi connectivity index (χ4n) is 4.64. The topological polar surface area (TPSA) is 65.1 Å². The fourth-order valence-corrected chi connectivity index (χ4v) is 5.20. The van der Waals surface area contributed by atoms with Crippen molar-refractivity contribution in [2.45, 2.75) is 70.0 Å². The number of aryl methyl sites for hydroxylation is 1. The molecule has 0 aliphatic heterocycles. The number of fused-ring (bicyclic) bond motifs is 1. The zero-order chi connectivity index (χ0) is 23.4. The van der Waals surface area contributed by atoms with Crippen molar-refractivity contribution in [2.75, 3.05) is 24.3 Å². The molecule has 1 aromatic heterocycles. The largest absolute Gasteiger partial charge is 0.362 e. The Morgan fingerprint density at radius 2 is 1.76 bits per heavy atom. The molecule has 2 aromatic rings. The van der Waals surface area contributed by atoms with Gasteiger partial charge in [-0.05, 0) is 81.3 Å². The second kappa shape index (κ2) is 11.1. The van der Waals surface area contributed by atoms with Gasteiger partial charge >= 0.3 is 0 Å². The lowest BCUT2D eigenvalue weighted by molar-refractivity contribution is 0.385. The first-order chi connectivity index (χ1) is 15.9. The van der Waals surface area contributed by atoms with Crippen LogP contribution >= 0.6 is 35.4 Å². The summed E-state index contributed by atoms with van der Waals surface area (Å²) in [6.07, 6.45) is 8.80. The van der Waals surface area contributed by atoms with Gasteiger partial charge in [-0.25, -0.2) is 4.98 Å². The van der Waals surface area contributed by atoms with Crippen LogP contribution in [0.1, 0.15) is 55.3 Å². The summed E-state index contributed by atoms with van der Waals surface area (Å²) in [7, 11) is 4.13. The van der Waals surface area contributed by atoms with Crippen LogP contribution in [-0.2, 0) is 19.4 Å². The Labute approximate surface area is 211 Å². The molecule has 0 bridgehead atoms. The van der Waals surface area contributed by atoms with Crippen LogP contribution in [-0.4, -0.2) is 41.3 Å². The summed E-state index contributed by atoms with van der Waals surface area (Å²) in [4.78, 5) is 11.8. The molecular formula is C24H32Cl2N6S. The quantitative estimate of drug-likeness (QED) is 0.470. The van der Waals surface area contributed by atoms with Crippen molar-refractivity contribution in [3.8, 4) is 0 Å². The fraction of sp³-hybridized carbons (Fsp3) is 0.542. The maximum Gasteiger partial charge on any atom is 0.225 e. The van der Waals surface area contributed by atoms with E-state index in [1.807, 2.05) is 12.1 Å². The van der Waals surface area contributed by atoms with Crippen molar-refractivity contribution in [1.82, 2.24) is 20.6 Å². The summed E-state index contributed by atoms with van der Waals surface area (Å²) in [5.41, 5.74) is 3.59. The van der Waals surface area contributed by atoms with E-state index in [1.165, 1.54) is 24.1 Å². The zero-order valence-corrected chi connectivity index (χ0v) is 21.6. The van der Waals surface area contributed by atoms with E-state index in [2.05, 4.69) is 34.9 Å². The summed E-state index contributed by atoms with van der Waals surface area (Å²) in [5, 5.41) is 12.1. The van der Waals surface area contributed by atoms with Gasteiger partial charge in [-0.15, -0.1) is 0 Å². The van der Waals surface area contributed by atoms with Crippen molar-refractivity contribution in [3.05, 3.63) is 45.1 Å². The molecule has 0 saturated heterocycles. The molecule has 1 saturated carbocycles. The number of aromatic nitrogens is 2. The van der Waals surface area contributed by atoms with Gasteiger partial charge in [-0.1, -0.05) is 29.3 Å². The van der Waals surface area contributed by atoms with E-state index < -0.39 is 0 Å². The minimum Gasteiger partial charge on any atom is -0.362 e. The Hall–Kier alpha value is -1.83. The van der Waals surface area contributed by atoms with Crippen LogP contribution in [0.3, 0.4) is 0 Å². The van der Waals surface area contributed by atoms with Crippen molar-refractivity contribution in [2.24, 2.45) is 0 Å². The summed E-state index contributed by atoms with van der Waals surface area (Å²) in [6.45, 7) is 0.615. The molecule has 1 aromatic carbocycles. The van der Waals surface area contributed by atoms with Gasteiger partial charge in [-0.3, -0.25) is 0 Å². The highest BCUT2D eigenvalue weighted by molar-refractivity contribution is 7.80. The number of thiocarbonyl (C=S) groups is 1. The highest BCUT2D eigenvalue weighted by atomic mass is 35.5. The number of halogens is 2. The lowest BCUT2D eigenvalue weighted by Gasteiger charge is -2.31. The third-order valence-electron chi connectivity index (χ3n) is 6.42. The molecule has 0 unspecified atom stereocenters. The first kappa shape index (κ1) is 24.3. The maximum absolute atomic E-state index is 6.09. The van der Waals surface area contributed by atoms with Crippen LogP contribution in [0.25, 0.3) is 0 Å². The summed E-state index contributed by atoms with van der Waals surface area (Å²) >= 11 is 17.6. The van der Waals surface area contributed by atoms with E-state index >= 15 is 0 Å². The molecule has 0 amide bonds. The molecule has 6 nitrogen and oxygen atoms in total. The minimum atomic E-state index is 0.374. The summed E-state index contributed by atoms with van der Waals surface area (Å²) in [6, 6.07) is 6.38. The Bertz CT molecular complexity index is 991. The normalized spacial score (nSPS) is 20.0. The first-order valence-corrected chi connectivity index (χ1v) is 12.9. The number of nitrogens with zero attached hydrogens (tertiary/aromatic N) is 3. The van der Waals surface area contributed by atoms with E-state index in [0.29, 0.717) is 33.8 Å². The highest BCUT2D eigenvalue weighted by Crippen LogP contribution is 2.29. The average Bonchev–Trinajstić information content (AvgIpc) is 2.80. The molecule has 9 heteroatoms. The predicted molar refractivity (Wildman–Crippen MR) is 142 cm³/mol. The molecule has 0 spiro atoms. The molecule has 0 radical (unpaired) electrons. The van der Waals surface area contributed by atoms with Gasteiger partial charge in [-0.2, -0.15) is 4.98 Å². The van der Waals surface area contributed by atoms with Crippen LogP contribution in [0.2, 0.25) is 10.0 Å². The van der Waals surface area contributed by atoms with Crippen LogP contribution in [0, 0.1) is 0 Å². The van der Waals surface area contributed by atoms with Gasteiger partial charge in [0.15, 0.2) is 5.11 Å². The number of anilines is 2. The van der Waals surface area contributed by atoms with Crippen molar-refractivity contribution < 1.29 is 0 Å². The average molecular weight is 508 g/mol. The summed E-state index contributed by atoms with van der Waals surface area (Å²) in [5.74, 6) is 1.84. The minimum absolute atomic E-state index is 0.374. The van der Waals surface area contributed by atoms with Gasteiger partial charge in [0.2, 0.25) is 5.95 Å². The Kier molecular flexibility index (Phi) is 8.15. The van der Waals surface area contributed by atoms with Crippen LogP contribution in [0.4, 0.5) is 11.8 Å². The maximum atomic E-state index is 6.09. The molecule has 1 fully saturated rings. The van der Waals surface area contributed by atoms with E-state index in [4.69, 9.17) is 45.4 Å². The molecule has 3 N–H and O–H groups in total. The first-order valence-electron chi connectivity index (χ1n) is 11.7. The smallest absolute Gasteiger partial charge is 0.225 e. The molecule has 0 atom stereocenters. The van der Waals surface area contributed by atoms with Gasteiger partial charge in [0.25, 0.3) is 0 Å². The summed E-state index contributed by atoms with van der Waals surface area (Å²) < 4.78 is 0. The molecule has 4 rings (SSSR count). The Morgan fingerprint density at radius 1 is 1.03 bits per heavy atom. The lowest BCUT2D eigenvalue weighted by Crippen LogP contribution is -2.44. The van der Waals surface area contributed by atoms with Crippen LogP contribution < -0.4 is 20.9 Å². The van der Waals surface area contributed by atoms with Gasteiger partial charge in [0.1, 0.15) is 5.82 Å². The SMILES string of the molecule is CN(C)c1nc(N[C@H]2CC[C@@H](NC(=S)NCc3ccc(Cl)c(Cl)c3)CC2)nc2c1CCCC2. The third kappa shape index (κ3) is 6.40. The molecule has 2 aliphatic rings. The van der Waals surface area contributed by atoms with Crippen LogP contribution in [0.5, 0.6) is 0 Å². The van der Waals surface area contributed by atoms with Crippen LogP contribution in [0.15, 0.2) is 18.2 Å². The van der Waals surface area contributed by atoms with Crippen molar-refractivity contribution >= 4 is 52.3 Å². The number of benzene rings is 1. The Morgan fingerprint density at radius 3 is 2.48 bits per heavy atom. The second-order valence-electron chi connectivity index (χ2n) is 9.17. The van der Waals surface area contributed by atoms with Crippen molar-refractivity contribution in [3.63, 3.8) is 0 Å². The molecular weight excluding hydrogens is 475 g/mol. The number of hydrogen-bond donors (Lipinski definition) is 3. The lowest BCUT2D eigenvalue weighted by atomic mass is 9.91. The van der Waals surface area contributed by atoms with E-state index in [0.717, 1.165) is 55.9 Å². The third-order valence-corrected chi connectivity index (χ3v) is 7.42. The van der Waals surface area contributed by atoms with Gasteiger partial charge < -0.3 is 20.9 Å². The van der Waals surface area contributed by atoms with E-state index in [-0.39, 0.29) is 0 Å². The van der Waals surface area contributed by atoms with Crippen molar-refractivity contribution in [1.29, 1.82) is 0 Å². The standard InChI is InChI=1S/C24H32Cl2N6S/c1-32(2)22-18-5-3-4-6-21(18)30-23(31-22)28-16-8-10-17(11-9-16)29-24(33)27-14-15-7-12-19(25)20(26)13-15/h7,12-13,16-17H,3-6,8-11,14H2,1-2H3,(H2,27,29,33)(H,28,30,31)/t16-,17+. The van der Waals surface area contributed by atoms with Gasteiger partial charge in [0, 0.05) is 38.3 Å². The monoisotopic (exact) mass is 506 g/mol. The number of hydrogen-bond acceptors (Lipinski definition) is 5.